The number of hydrogen-bond donors (Lipinski definition) is 0. The molecule has 0 amide bonds. The first-order valence-electron chi connectivity index (χ1n) is 12.3. The second-order valence-corrected chi connectivity index (χ2v) is 11.5. The van der Waals surface area contributed by atoms with Gasteiger partial charge in [0, 0.05) is 0 Å². The summed E-state index contributed by atoms with van der Waals surface area (Å²) in [5.74, 6) is -94.9. The Labute approximate surface area is 310 Å². The van der Waals surface area contributed by atoms with Crippen LogP contribution in [0, 0.1) is 0 Å². The molecule has 0 saturated carbocycles. The number of alkyl halides is 34. The monoisotopic (exact) mass is 1010 g/mol. The fourth-order valence-electron chi connectivity index (χ4n) is 3.24. The SMILES string of the molecule is O=C(OOC(=O)C(F)(F)C(F)(F)C(F)(F)C(F)(C(=O)C(F)(F)C(F)(Cl)C(F)(F)F)C(F)(F)F)C(F)(F)C(F)(F)C(F)(F)C(F)(C(=O)C(F)(F)C(F)(Cl)C(F)(F)F)C(F)(F)F. The largest absolute Gasteiger partial charge is 0.443 e. The maximum Gasteiger partial charge on any atom is 0.443 e. The first-order valence-corrected chi connectivity index (χ1v) is 13.1. The number of ketones is 2. The molecule has 0 aliphatic rings. The lowest BCUT2D eigenvalue weighted by Gasteiger charge is -2.41. The lowest BCUT2D eigenvalue weighted by molar-refractivity contribution is -0.390. The van der Waals surface area contributed by atoms with Crippen molar-refractivity contribution in [1.82, 2.24) is 0 Å². The number of rotatable bonds is 14. The number of halogens is 34. The van der Waals surface area contributed by atoms with Crippen molar-refractivity contribution in [2.45, 2.75) is 93.7 Å². The first-order chi connectivity index (χ1) is 25.4. The van der Waals surface area contributed by atoms with Gasteiger partial charge < -0.3 is 0 Å². The highest BCUT2D eigenvalue weighted by Gasteiger charge is 2.95. The van der Waals surface area contributed by atoms with Crippen LogP contribution < -0.4 is 0 Å². The van der Waals surface area contributed by atoms with Gasteiger partial charge in [-0.15, -0.1) is 0 Å². The van der Waals surface area contributed by atoms with E-state index in [0.717, 1.165) is 0 Å². The Balaban J connectivity index is 7.32. The Morgan fingerprint density at radius 3 is 0.617 bits per heavy atom. The van der Waals surface area contributed by atoms with E-state index >= 15 is 0 Å². The van der Waals surface area contributed by atoms with Crippen LogP contribution in [-0.2, 0) is 29.0 Å². The quantitative estimate of drug-likeness (QED) is 0.0746. The molecule has 6 nitrogen and oxygen atoms in total. The smallest absolute Gasteiger partial charge is 0.288 e. The van der Waals surface area contributed by atoms with Crippen LogP contribution in [0.15, 0.2) is 0 Å². The Kier molecular flexibility index (Phi) is 13.8. The van der Waals surface area contributed by atoms with Crippen molar-refractivity contribution >= 4 is 46.7 Å². The van der Waals surface area contributed by atoms with E-state index in [1.54, 1.807) is 9.78 Å². The molecule has 0 bridgehead atoms. The van der Waals surface area contributed by atoms with Crippen LogP contribution in [0.3, 0.4) is 0 Å². The molecule has 4 unspecified atom stereocenters. The van der Waals surface area contributed by atoms with E-state index in [1.807, 2.05) is 0 Å². The molecule has 0 N–H and O–H groups in total. The van der Waals surface area contributed by atoms with Gasteiger partial charge in [0.05, 0.1) is 0 Å². The Bertz CT molecular complexity index is 1570. The molecule has 0 fully saturated rings. The molecular weight excluding hydrogens is 1020 g/mol. The number of carbonyl (C=O) groups is 4. The summed E-state index contributed by atoms with van der Waals surface area (Å²) in [5.41, 5.74) is -18.3. The number of Topliss-reactive ketones (excluding diaryl/α,β-unsaturated/α-hetero) is 2. The standard InChI is InChI=1S/C20Cl2F32O6/c21-11(33,19(49,50)51)7(25,26)1(55)5(23,17(43,44)45)13(35,36)15(39,40)9(29,30)3(57)59-60-4(58)10(31,32)16(41,42)14(37,38)6(24,18(46,47)48)2(56)8(27,28)12(22,34)20(52,53)54. The zero-order valence-electron chi connectivity index (χ0n) is 25.3. The molecule has 40 heteroatoms. The fourth-order valence-corrected chi connectivity index (χ4v) is 3.41. The van der Waals surface area contributed by atoms with E-state index in [0.29, 0.717) is 0 Å². The summed E-state index contributed by atoms with van der Waals surface area (Å²) < 4.78 is 433. The van der Waals surface area contributed by atoms with Gasteiger partial charge in [0.2, 0.25) is 0 Å². The van der Waals surface area contributed by atoms with E-state index in [9.17, 15) is 160 Å². The predicted molar refractivity (Wildman–Crippen MR) is 113 cm³/mol. The van der Waals surface area contributed by atoms with Crippen LogP contribution in [-0.4, -0.2) is 117 Å². The van der Waals surface area contributed by atoms with Gasteiger partial charge in [-0.1, -0.05) is 23.2 Å². The summed E-state index contributed by atoms with van der Waals surface area (Å²) >= 11 is 6.79. The molecule has 4 atom stereocenters. The van der Waals surface area contributed by atoms with Gasteiger partial charge in [0.15, 0.2) is 0 Å². The van der Waals surface area contributed by atoms with Crippen LogP contribution in [0.4, 0.5) is 140 Å². The van der Waals surface area contributed by atoms with Crippen LogP contribution in [0.1, 0.15) is 0 Å². The van der Waals surface area contributed by atoms with Gasteiger partial charge in [-0.3, -0.25) is 9.59 Å². The predicted octanol–water partition coefficient (Wildman–Crippen LogP) is 9.68. The normalized spacial score (nSPS) is 19.3. The summed E-state index contributed by atoms with van der Waals surface area (Å²) in [4.78, 5) is 48.1. The van der Waals surface area contributed by atoms with E-state index in [4.69, 9.17) is 0 Å². The van der Waals surface area contributed by atoms with Gasteiger partial charge in [-0.2, -0.15) is 123 Å². The van der Waals surface area contributed by atoms with Crippen molar-refractivity contribution in [2.75, 3.05) is 0 Å². The minimum atomic E-state index is -9.42. The molecule has 0 aromatic carbocycles. The van der Waals surface area contributed by atoms with Crippen molar-refractivity contribution in [3.05, 3.63) is 0 Å². The van der Waals surface area contributed by atoms with Crippen molar-refractivity contribution in [1.29, 1.82) is 0 Å². The lowest BCUT2D eigenvalue weighted by atomic mass is 9.81. The molecule has 0 aliphatic carbocycles. The highest BCUT2D eigenvalue weighted by atomic mass is 35.5. The Morgan fingerprint density at radius 2 is 0.467 bits per heavy atom. The molecule has 0 spiro atoms. The average molecular weight is 1020 g/mol. The Hall–Kier alpha value is -3.38. The van der Waals surface area contributed by atoms with Crippen molar-refractivity contribution < 1.29 is 169 Å². The summed E-state index contributed by atoms with van der Waals surface area (Å²) in [6.07, 6.45) is -33.1. The minimum Gasteiger partial charge on any atom is -0.288 e. The molecule has 0 aromatic heterocycles. The van der Waals surface area contributed by atoms with E-state index in [-0.39, 0.29) is 0 Å². The first kappa shape index (κ1) is 56.6. The molecule has 0 radical (unpaired) electrons. The zero-order chi connectivity index (χ0) is 49.7. The second kappa shape index (κ2) is 14.6. The maximum atomic E-state index is 14.5. The topological polar surface area (TPSA) is 86.7 Å². The summed E-state index contributed by atoms with van der Waals surface area (Å²) in [6, 6.07) is 0. The highest BCUT2D eigenvalue weighted by molar-refractivity contribution is 6.27. The van der Waals surface area contributed by atoms with E-state index < -0.39 is 117 Å². The molecule has 354 valence electrons. The summed E-state index contributed by atoms with van der Waals surface area (Å²) in [6.45, 7) is 0. The number of hydrogen-bond acceptors (Lipinski definition) is 6. The third-order valence-electron chi connectivity index (χ3n) is 6.63. The third kappa shape index (κ3) is 7.41. The van der Waals surface area contributed by atoms with Crippen LogP contribution in [0.25, 0.3) is 0 Å². The van der Waals surface area contributed by atoms with Crippen molar-refractivity contribution in [3.63, 3.8) is 0 Å². The molecule has 0 heterocycles. The van der Waals surface area contributed by atoms with Crippen LogP contribution in [0.2, 0.25) is 0 Å². The lowest BCUT2D eigenvalue weighted by Crippen LogP contribution is -2.76. The zero-order valence-corrected chi connectivity index (χ0v) is 26.8. The molecular formula is C20Cl2F32O6. The average Bonchev–Trinajstić information content (AvgIpc) is 3.02. The van der Waals surface area contributed by atoms with Gasteiger partial charge in [-0.25, -0.2) is 36.9 Å². The highest BCUT2D eigenvalue weighted by Crippen LogP contribution is 2.63. The molecule has 0 aliphatic heterocycles. The van der Waals surface area contributed by atoms with Gasteiger partial charge in [0.25, 0.3) is 11.6 Å². The second-order valence-electron chi connectivity index (χ2n) is 10.5. The van der Waals surface area contributed by atoms with Crippen molar-refractivity contribution in [3.8, 4) is 0 Å². The van der Waals surface area contributed by atoms with Gasteiger partial charge >= 0.3 is 106 Å². The van der Waals surface area contributed by atoms with Gasteiger partial charge in [0.1, 0.15) is 0 Å². The van der Waals surface area contributed by atoms with Gasteiger partial charge in [-0.05, 0) is 0 Å². The number of carbonyl (C=O) groups excluding carboxylic acids is 4. The minimum absolute atomic E-state index is 1.63. The maximum absolute atomic E-state index is 14.5. The van der Waals surface area contributed by atoms with Crippen LogP contribution >= 0.6 is 23.2 Å². The third-order valence-corrected chi connectivity index (χ3v) is 7.53. The Morgan fingerprint density at radius 1 is 0.283 bits per heavy atom. The van der Waals surface area contributed by atoms with Crippen LogP contribution in [0.5, 0.6) is 0 Å². The van der Waals surface area contributed by atoms with Crippen molar-refractivity contribution in [2.24, 2.45) is 0 Å². The summed E-state index contributed by atoms with van der Waals surface area (Å²) in [7, 11) is 0. The molecule has 0 saturated heterocycles. The molecule has 0 rings (SSSR count). The molecule has 0 aromatic rings. The summed E-state index contributed by atoms with van der Waals surface area (Å²) in [5, 5.41) is -15.2. The fraction of sp³-hybridized carbons (Fsp3) is 0.800. The van der Waals surface area contributed by atoms with E-state index in [2.05, 4.69) is 23.2 Å². The molecule has 60 heavy (non-hydrogen) atoms. The van der Waals surface area contributed by atoms with E-state index in [1.165, 1.54) is 0 Å².